The minimum absolute atomic E-state index is 0.00272. The van der Waals surface area contributed by atoms with Gasteiger partial charge < -0.3 is 10.2 Å². The number of halogens is 2. The molecule has 0 radical (unpaired) electrons. The van der Waals surface area contributed by atoms with Crippen LogP contribution in [0.3, 0.4) is 0 Å². The number of carbonyl (C=O) groups excluding carboxylic acids is 2. The second-order valence-corrected chi connectivity index (χ2v) is 13.3. The maximum absolute atomic E-state index is 14.2. The number of rotatable bonds is 11. The van der Waals surface area contributed by atoms with Gasteiger partial charge in [0.25, 0.3) is 10.0 Å². The van der Waals surface area contributed by atoms with Gasteiger partial charge >= 0.3 is 0 Å². The number of hydrogen-bond donors (Lipinski definition) is 1. The van der Waals surface area contributed by atoms with Crippen molar-refractivity contribution in [3.8, 4) is 0 Å². The molecule has 3 aromatic rings. The number of nitrogens with zero attached hydrogens (tertiary/aromatic N) is 2. The summed E-state index contributed by atoms with van der Waals surface area (Å²) in [5.41, 5.74) is 1.79. The fraction of sp³-hybridized carbons (Fsp3) is 0.375. The molecule has 10 heteroatoms. The van der Waals surface area contributed by atoms with Crippen LogP contribution in [-0.4, -0.2) is 43.8 Å². The van der Waals surface area contributed by atoms with Crippen molar-refractivity contribution in [1.29, 1.82) is 0 Å². The molecule has 1 N–H and O–H groups in total. The van der Waals surface area contributed by atoms with Crippen LogP contribution < -0.4 is 9.62 Å². The lowest BCUT2D eigenvalue weighted by Gasteiger charge is -2.34. The Balaban J connectivity index is 1.71. The first kappa shape index (κ1) is 31.9. The Kier molecular flexibility index (Phi) is 10.9. The van der Waals surface area contributed by atoms with Gasteiger partial charge in [0.1, 0.15) is 12.6 Å². The topological polar surface area (TPSA) is 86.8 Å². The fourth-order valence-corrected chi connectivity index (χ4v) is 7.21. The molecule has 0 aromatic heterocycles. The van der Waals surface area contributed by atoms with E-state index < -0.39 is 28.5 Å². The molecule has 42 heavy (non-hydrogen) atoms. The number of para-hydroxylation sites is 1. The predicted octanol–water partition coefficient (Wildman–Crippen LogP) is 6.62. The monoisotopic (exact) mass is 629 g/mol. The van der Waals surface area contributed by atoms with E-state index in [1.54, 1.807) is 55.5 Å². The Labute approximate surface area is 258 Å². The molecule has 1 atom stereocenters. The molecule has 0 saturated heterocycles. The van der Waals surface area contributed by atoms with Gasteiger partial charge in [0.2, 0.25) is 11.8 Å². The van der Waals surface area contributed by atoms with E-state index in [4.69, 9.17) is 23.2 Å². The number of anilines is 1. The first-order chi connectivity index (χ1) is 20.1. The minimum Gasteiger partial charge on any atom is -0.352 e. The molecule has 1 aliphatic carbocycles. The zero-order chi connectivity index (χ0) is 30.3. The van der Waals surface area contributed by atoms with Gasteiger partial charge in [0.15, 0.2) is 0 Å². The zero-order valence-corrected chi connectivity index (χ0v) is 26.3. The van der Waals surface area contributed by atoms with Gasteiger partial charge in [-0.2, -0.15) is 0 Å². The molecule has 224 valence electrons. The summed E-state index contributed by atoms with van der Waals surface area (Å²) in [7, 11) is -4.13. The molecule has 4 rings (SSSR count). The van der Waals surface area contributed by atoms with Crippen LogP contribution in [0.15, 0.2) is 77.7 Å². The second kappa shape index (κ2) is 14.4. The molecule has 0 heterocycles. The van der Waals surface area contributed by atoms with E-state index >= 15 is 0 Å². The van der Waals surface area contributed by atoms with Gasteiger partial charge in [-0.05, 0) is 67.6 Å². The average molecular weight is 631 g/mol. The van der Waals surface area contributed by atoms with Gasteiger partial charge in [-0.3, -0.25) is 13.9 Å². The van der Waals surface area contributed by atoms with E-state index in [0.29, 0.717) is 27.7 Å². The third kappa shape index (κ3) is 7.65. The van der Waals surface area contributed by atoms with Crippen LogP contribution in [0.25, 0.3) is 0 Å². The lowest BCUT2D eigenvalue weighted by Crippen LogP contribution is -2.53. The average Bonchev–Trinajstić information content (AvgIpc) is 3.00. The Morgan fingerprint density at radius 3 is 2.26 bits per heavy atom. The number of amides is 2. The number of nitrogens with one attached hydrogen (secondary N) is 1. The van der Waals surface area contributed by atoms with Crippen LogP contribution in [0, 0.1) is 0 Å². The van der Waals surface area contributed by atoms with Gasteiger partial charge in [-0.25, -0.2) is 8.42 Å². The fourth-order valence-electron chi connectivity index (χ4n) is 5.27. The SMILES string of the molecule is CCc1ccccc1N(CC(=O)N(Cc1ccc(Cl)cc1Cl)C(C)C(=O)NC1CCCCC1)S(=O)(=O)c1ccccc1. The van der Waals surface area contributed by atoms with E-state index in [2.05, 4.69) is 5.32 Å². The van der Waals surface area contributed by atoms with Gasteiger partial charge in [-0.15, -0.1) is 0 Å². The molecule has 1 unspecified atom stereocenters. The highest BCUT2D eigenvalue weighted by molar-refractivity contribution is 7.92. The smallest absolute Gasteiger partial charge is 0.264 e. The lowest BCUT2D eigenvalue weighted by molar-refractivity contribution is -0.139. The van der Waals surface area contributed by atoms with Crippen molar-refractivity contribution in [1.82, 2.24) is 10.2 Å². The van der Waals surface area contributed by atoms with E-state index in [-0.39, 0.29) is 23.4 Å². The molecule has 0 bridgehead atoms. The summed E-state index contributed by atoms with van der Waals surface area (Å²) < 4.78 is 29.2. The van der Waals surface area contributed by atoms with Gasteiger partial charge in [0.05, 0.1) is 10.6 Å². The predicted molar refractivity (Wildman–Crippen MR) is 168 cm³/mol. The number of hydrogen-bond acceptors (Lipinski definition) is 4. The highest BCUT2D eigenvalue weighted by Gasteiger charge is 2.34. The van der Waals surface area contributed by atoms with Crippen LogP contribution >= 0.6 is 23.2 Å². The van der Waals surface area contributed by atoms with E-state index in [9.17, 15) is 18.0 Å². The highest BCUT2D eigenvalue weighted by atomic mass is 35.5. The van der Waals surface area contributed by atoms with Gasteiger partial charge in [0, 0.05) is 22.6 Å². The van der Waals surface area contributed by atoms with Crippen LogP contribution in [-0.2, 0) is 32.6 Å². The molecule has 0 spiro atoms. The van der Waals surface area contributed by atoms with Crippen molar-refractivity contribution < 1.29 is 18.0 Å². The lowest BCUT2D eigenvalue weighted by atomic mass is 9.95. The maximum Gasteiger partial charge on any atom is 0.264 e. The Bertz CT molecular complexity index is 1490. The number of carbonyl (C=O) groups is 2. The molecule has 2 amide bonds. The van der Waals surface area contributed by atoms with Crippen molar-refractivity contribution in [2.75, 3.05) is 10.8 Å². The summed E-state index contributed by atoms with van der Waals surface area (Å²) >= 11 is 12.6. The summed E-state index contributed by atoms with van der Waals surface area (Å²) in [5.74, 6) is -0.815. The number of benzene rings is 3. The van der Waals surface area contributed by atoms with Crippen LogP contribution in [0.2, 0.25) is 10.0 Å². The van der Waals surface area contributed by atoms with Crippen molar-refractivity contribution in [2.45, 2.75) is 75.9 Å². The quantitative estimate of drug-likeness (QED) is 0.258. The molecular formula is C32H37Cl2N3O4S. The van der Waals surface area contributed by atoms with Crippen LogP contribution in [0.4, 0.5) is 5.69 Å². The molecule has 3 aromatic carbocycles. The summed E-state index contributed by atoms with van der Waals surface area (Å²) in [5, 5.41) is 3.90. The molecule has 1 fully saturated rings. The maximum atomic E-state index is 14.2. The third-order valence-electron chi connectivity index (χ3n) is 7.73. The summed E-state index contributed by atoms with van der Waals surface area (Å²) in [6.07, 6.45) is 5.59. The largest absolute Gasteiger partial charge is 0.352 e. The second-order valence-electron chi connectivity index (χ2n) is 10.6. The van der Waals surface area contributed by atoms with E-state index in [0.717, 1.165) is 42.0 Å². The number of aryl methyl sites for hydroxylation is 1. The summed E-state index contributed by atoms with van der Waals surface area (Å²) in [6, 6.07) is 19.3. The summed E-state index contributed by atoms with van der Waals surface area (Å²) in [6.45, 7) is 3.10. The van der Waals surface area contributed by atoms with Crippen molar-refractivity contribution >= 4 is 50.7 Å². The molecular weight excluding hydrogens is 593 g/mol. The molecule has 0 aliphatic heterocycles. The van der Waals surface area contributed by atoms with Crippen LogP contribution in [0.1, 0.15) is 57.1 Å². The highest BCUT2D eigenvalue weighted by Crippen LogP contribution is 2.29. The summed E-state index contributed by atoms with van der Waals surface area (Å²) in [4.78, 5) is 29.1. The van der Waals surface area contributed by atoms with E-state index in [1.165, 1.54) is 17.0 Å². The Morgan fingerprint density at radius 1 is 0.929 bits per heavy atom. The first-order valence-corrected chi connectivity index (χ1v) is 16.5. The molecule has 1 saturated carbocycles. The van der Waals surface area contributed by atoms with Gasteiger partial charge in [-0.1, -0.05) is 91.9 Å². The Hall–Kier alpha value is -3.07. The standard InChI is InChI=1S/C32H37Cl2N3O4S/c1-3-24-12-10-11-17-30(24)37(42(40,41)28-15-8-5-9-16-28)22-31(38)36(21-25-18-19-26(33)20-29(25)34)23(2)32(39)35-27-13-6-4-7-14-27/h5,8-12,15-20,23,27H,3-4,6-7,13-14,21-22H2,1-2H3,(H,35,39). The molecule has 7 nitrogen and oxygen atoms in total. The van der Waals surface area contributed by atoms with Crippen molar-refractivity contribution in [2.24, 2.45) is 0 Å². The normalized spacial score (nSPS) is 14.7. The molecule has 1 aliphatic rings. The van der Waals surface area contributed by atoms with Crippen molar-refractivity contribution in [3.63, 3.8) is 0 Å². The van der Waals surface area contributed by atoms with E-state index in [1.807, 2.05) is 19.1 Å². The number of sulfonamides is 1. The first-order valence-electron chi connectivity index (χ1n) is 14.3. The Morgan fingerprint density at radius 2 is 1.60 bits per heavy atom. The van der Waals surface area contributed by atoms with Crippen LogP contribution in [0.5, 0.6) is 0 Å². The zero-order valence-electron chi connectivity index (χ0n) is 23.9. The third-order valence-corrected chi connectivity index (χ3v) is 10.1. The minimum atomic E-state index is -4.13. The van der Waals surface area contributed by atoms with Crippen molar-refractivity contribution in [3.05, 3.63) is 94.0 Å².